The summed E-state index contributed by atoms with van der Waals surface area (Å²) in [6.45, 7) is 1.25. The van der Waals surface area contributed by atoms with E-state index in [9.17, 15) is 18.0 Å². The van der Waals surface area contributed by atoms with Crippen LogP contribution in [-0.4, -0.2) is 20.2 Å². The SMILES string of the molecule is COC(=O)[C@@H](C)c1c(F)c(F)c2cc(OC)ccc2c1F. The van der Waals surface area contributed by atoms with Gasteiger partial charge in [-0.3, -0.25) is 4.79 Å². The Morgan fingerprint density at radius 1 is 1.05 bits per heavy atom. The summed E-state index contributed by atoms with van der Waals surface area (Å²) in [5, 5.41) is -0.370. The van der Waals surface area contributed by atoms with Crippen LogP contribution in [0.1, 0.15) is 18.4 Å². The maximum atomic E-state index is 14.4. The van der Waals surface area contributed by atoms with Crippen LogP contribution >= 0.6 is 0 Å². The van der Waals surface area contributed by atoms with Crippen LogP contribution in [0.5, 0.6) is 5.75 Å². The van der Waals surface area contributed by atoms with Crippen LogP contribution < -0.4 is 4.74 Å². The average Bonchev–Trinajstić information content (AvgIpc) is 2.51. The van der Waals surface area contributed by atoms with Crippen LogP contribution in [0.25, 0.3) is 10.8 Å². The van der Waals surface area contributed by atoms with Crippen molar-refractivity contribution in [2.75, 3.05) is 14.2 Å². The molecule has 0 N–H and O–H groups in total. The zero-order valence-electron chi connectivity index (χ0n) is 11.7. The topological polar surface area (TPSA) is 35.5 Å². The molecule has 0 aliphatic carbocycles. The lowest BCUT2D eigenvalue weighted by molar-refractivity contribution is -0.142. The molecule has 2 rings (SSSR count). The van der Waals surface area contributed by atoms with E-state index >= 15 is 0 Å². The predicted octanol–water partition coefficient (Wildman–Crippen LogP) is 3.54. The Bertz CT molecular complexity index is 713. The van der Waals surface area contributed by atoms with Crippen LogP contribution in [0.15, 0.2) is 18.2 Å². The largest absolute Gasteiger partial charge is 0.497 e. The van der Waals surface area contributed by atoms with Crippen molar-refractivity contribution in [3.63, 3.8) is 0 Å². The molecule has 0 amide bonds. The number of benzene rings is 2. The molecular formula is C15H13F3O3. The van der Waals surface area contributed by atoms with E-state index in [0.29, 0.717) is 0 Å². The Balaban J connectivity index is 2.77. The average molecular weight is 298 g/mol. The smallest absolute Gasteiger partial charge is 0.313 e. The second-order valence-electron chi connectivity index (χ2n) is 4.51. The van der Waals surface area contributed by atoms with E-state index in [1.54, 1.807) is 0 Å². The first-order chi connectivity index (χ1) is 9.92. The quantitative estimate of drug-likeness (QED) is 0.642. The molecule has 0 radical (unpaired) electrons. The van der Waals surface area contributed by atoms with Gasteiger partial charge in [-0.05, 0) is 25.1 Å². The first-order valence-electron chi connectivity index (χ1n) is 6.14. The van der Waals surface area contributed by atoms with Crippen LogP contribution in [0.3, 0.4) is 0 Å². The molecular weight excluding hydrogens is 285 g/mol. The molecule has 21 heavy (non-hydrogen) atoms. The Morgan fingerprint density at radius 2 is 1.71 bits per heavy atom. The van der Waals surface area contributed by atoms with Gasteiger partial charge in [0.2, 0.25) is 0 Å². The maximum Gasteiger partial charge on any atom is 0.313 e. The number of rotatable bonds is 3. The normalized spacial score (nSPS) is 12.3. The van der Waals surface area contributed by atoms with Gasteiger partial charge in [0.15, 0.2) is 11.6 Å². The first-order valence-corrected chi connectivity index (χ1v) is 6.14. The summed E-state index contributed by atoms with van der Waals surface area (Å²) in [4.78, 5) is 11.5. The van der Waals surface area contributed by atoms with Crippen molar-refractivity contribution < 1.29 is 27.4 Å². The van der Waals surface area contributed by atoms with Crippen molar-refractivity contribution in [2.45, 2.75) is 12.8 Å². The van der Waals surface area contributed by atoms with Gasteiger partial charge in [0.25, 0.3) is 0 Å². The van der Waals surface area contributed by atoms with Gasteiger partial charge in [-0.25, -0.2) is 13.2 Å². The van der Waals surface area contributed by atoms with Crippen LogP contribution in [0.4, 0.5) is 13.2 Å². The summed E-state index contributed by atoms with van der Waals surface area (Å²) >= 11 is 0. The number of carbonyl (C=O) groups excluding carboxylic acids is 1. The molecule has 112 valence electrons. The fraction of sp³-hybridized carbons (Fsp3) is 0.267. The van der Waals surface area contributed by atoms with Gasteiger partial charge in [-0.15, -0.1) is 0 Å². The number of ether oxygens (including phenoxy) is 2. The van der Waals surface area contributed by atoms with Crippen molar-refractivity contribution in [3.8, 4) is 5.75 Å². The molecule has 2 aromatic rings. The van der Waals surface area contributed by atoms with Gasteiger partial charge in [-0.1, -0.05) is 0 Å². The molecule has 0 fully saturated rings. The third-order valence-corrected chi connectivity index (χ3v) is 3.35. The van der Waals surface area contributed by atoms with Gasteiger partial charge in [0.05, 0.1) is 20.1 Å². The summed E-state index contributed by atoms with van der Waals surface area (Å²) in [5.41, 5.74) is -0.642. The zero-order valence-corrected chi connectivity index (χ0v) is 11.7. The highest BCUT2D eigenvalue weighted by Gasteiger charge is 2.28. The molecule has 3 nitrogen and oxygen atoms in total. The first kappa shape index (κ1) is 15.2. The Morgan fingerprint density at radius 3 is 2.29 bits per heavy atom. The molecule has 0 bridgehead atoms. The number of halogens is 3. The van der Waals surface area contributed by atoms with Crippen molar-refractivity contribution in [1.82, 2.24) is 0 Å². The number of carbonyl (C=O) groups is 1. The van der Waals surface area contributed by atoms with E-state index in [-0.39, 0.29) is 16.5 Å². The second kappa shape index (κ2) is 5.63. The molecule has 0 heterocycles. The summed E-state index contributed by atoms with van der Waals surface area (Å²) in [7, 11) is 2.45. The van der Waals surface area contributed by atoms with Gasteiger partial charge in [-0.2, -0.15) is 0 Å². The van der Waals surface area contributed by atoms with E-state index in [1.165, 1.54) is 32.2 Å². The lowest BCUT2D eigenvalue weighted by Crippen LogP contribution is -2.15. The molecule has 0 aliphatic rings. The molecule has 0 unspecified atom stereocenters. The summed E-state index contributed by atoms with van der Waals surface area (Å²) in [5.74, 6) is -5.43. The fourth-order valence-corrected chi connectivity index (χ4v) is 2.18. The van der Waals surface area contributed by atoms with Gasteiger partial charge in [0, 0.05) is 16.3 Å². The molecule has 0 aliphatic heterocycles. The summed E-state index contributed by atoms with van der Waals surface area (Å²) in [6.07, 6.45) is 0. The van der Waals surface area contributed by atoms with Crippen molar-refractivity contribution in [1.29, 1.82) is 0 Å². The lowest BCUT2D eigenvalue weighted by atomic mass is 9.95. The number of fused-ring (bicyclic) bond motifs is 1. The molecule has 0 saturated carbocycles. The lowest BCUT2D eigenvalue weighted by Gasteiger charge is -2.15. The van der Waals surface area contributed by atoms with Crippen molar-refractivity contribution >= 4 is 16.7 Å². The number of methoxy groups -OCH3 is 2. The Kier molecular flexibility index (Phi) is 4.06. The molecule has 1 atom stereocenters. The van der Waals surface area contributed by atoms with Crippen LogP contribution in [0.2, 0.25) is 0 Å². The highest BCUT2D eigenvalue weighted by Crippen LogP contribution is 2.34. The van der Waals surface area contributed by atoms with Gasteiger partial charge < -0.3 is 9.47 Å². The van der Waals surface area contributed by atoms with E-state index in [4.69, 9.17) is 4.74 Å². The Hall–Kier alpha value is -2.24. The third-order valence-electron chi connectivity index (χ3n) is 3.35. The molecule has 0 saturated heterocycles. The van der Waals surface area contributed by atoms with Gasteiger partial charge >= 0.3 is 5.97 Å². The van der Waals surface area contributed by atoms with Crippen LogP contribution in [-0.2, 0) is 9.53 Å². The number of hydrogen-bond acceptors (Lipinski definition) is 3. The summed E-state index contributed by atoms with van der Waals surface area (Å²) < 4.78 is 52.0. The van der Waals surface area contributed by atoms with E-state index in [0.717, 1.165) is 7.11 Å². The van der Waals surface area contributed by atoms with E-state index < -0.39 is 34.9 Å². The minimum absolute atomic E-state index is 0.125. The highest BCUT2D eigenvalue weighted by molar-refractivity contribution is 5.88. The van der Waals surface area contributed by atoms with Crippen molar-refractivity contribution in [2.24, 2.45) is 0 Å². The molecule has 6 heteroatoms. The third kappa shape index (κ3) is 2.41. The second-order valence-corrected chi connectivity index (χ2v) is 4.51. The predicted molar refractivity (Wildman–Crippen MR) is 70.8 cm³/mol. The Labute approximate surface area is 119 Å². The monoisotopic (exact) mass is 298 g/mol. The number of hydrogen-bond donors (Lipinski definition) is 0. The summed E-state index contributed by atoms with van der Waals surface area (Å²) in [6, 6.07) is 3.90. The highest BCUT2D eigenvalue weighted by atomic mass is 19.2. The minimum atomic E-state index is -1.40. The molecule has 2 aromatic carbocycles. The van der Waals surface area contributed by atoms with Crippen LogP contribution in [0, 0.1) is 17.5 Å². The molecule has 0 spiro atoms. The minimum Gasteiger partial charge on any atom is -0.497 e. The number of esters is 1. The molecule has 0 aromatic heterocycles. The zero-order chi connectivity index (χ0) is 15.7. The van der Waals surface area contributed by atoms with Gasteiger partial charge in [0.1, 0.15) is 11.6 Å². The van der Waals surface area contributed by atoms with E-state index in [2.05, 4.69) is 4.74 Å². The maximum absolute atomic E-state index is 14.4. The fourth-order valence-electron chi connectivity index (χ4n) is 2.18. The van der Waals surface area contributed by atoms with Crippen molar-refractivity contribution in [3.05, 3.63) is 41.2 Å². The standard InChI is InChI=1S/C15H13F3O3/c1-7(15(19)21-3)11-12(16)9-5-4-8(20-2)6-10(9)13(17)14(11)18/h4-7H,1-3H3/t7-/m0/s1. The van der Waals surface area contributed by atoms with E-state index in [1.807, 2.05) is 0 Å².